The molecule has 2 aliphatic rings. The minimum absolute atomic E-state index is 0.146. The van der Waals surface area contributed by atoms with Gasteiger partial charge in [0.25, 0.3) is 0 Å². The average molecular weight is 331 g/mol. The zero-order chi connectivity index (χ0) is 16.9. The minimum Gasteiger partial charge on any atom is -0.450 e. The first-order valence-electron chi connectivity index (χ1n) is 8.71. The zero-order valence-corrected chi connectivity index (χ0v) is 14.2. The van der Waals surface area contributed by atoms with Crippen molar-refractivity contribution in [3.8, 4) is 0 Å². The number of hydrogen-bond acceptors (Lipinski definition) is 5. The average Bonchev–Trinajstić information content (AvgIpc) is 2.62. The Morgan fingerprint density at radius 1 is 1.21 bits per heavy atom. The van der Waals surface area contributed by atoms with Gasteiger partial charge in [0.1, 0.15) is 0 Å². The predicted octanol–water partition coefficient (Wildman–Crippen LogP) is 2.00. The number of aryl methyl sites for hydroxylation is 1. The Kier molecular flexibility index (Phi) is 5.35. The third-order valence-electron chi connectivity index (χ3n) is 4.63. The third-order valence-corrected chi connectivity index (χ3v) is 4.63. The minimum atomic E-state index is -0.259. The van der Waals surface area contributed by atoms with E-state index in [-0.39, 0.29) is 11.9 Å². The van der Waals surface area contributed by atoms with E-state index in [1.54, 1.807) is 11.8 Å². The van der Waals surface area contributed by atoms with Crippen LogP contribution in [0.2, 0.25) is 0 Å². The second kappa shape index (κ2) is 7.66. The first-order valence-corrected chi connectivity index (χ1v) is 8.71. The number of nitrogens with zero attached hydrogens (tertiary/aromatic N) is 2. The summed E-state index contributed by atoms with van der Waals surface area (Å²) in [6.07, 6.45) is 1.88. The van der Waals surface area contributed by atoms with Crippen LogP contribution in [0.25, 0.3) is 0 Å². The van der Waals surface area contributed by atoms with Crippen LogP contribution in [0.4, 0.5) is 10.5 Å². The summed E-state index contributed by atoms with van der Waals surface area (Å²) in [6, 6.07) is 5.95. The Labute approximate surface area is 142 Å². The summed E-state index contributed by atoms with van der Waals surface area (Å²) in [5.41, 5.74) is 3.17. The van der Waals surface area contributed by atoms with Crippen LogP contribution in [0.15, 0.2) is 18.2 Å². The van der Waals surface area contributed by atoms with Gasteiger partial charge < -0.3 is 15.0 Å². The van der Waals surface area contributed by atoms with Crippen molar-refractivity contribution in [2.45, 2.75) is 19.8 Å². The molecule has 1 saturated heterocycles. The highest BCUT2D eigenvalue weighted by Crippen LogP contribution is 2.23. The molecule has 0 unspecified atom stereocenters. The third kappa shape index (κ3) is 3.87. The molecule has 1 aromatic rings. The van der Waals surface area contributed by atoms with Gasteiger partial charge in [0.15, 0.2) is 5.78 Å². The molecule has 2 aliphatic heterocycles. The number of piperazine rings is 1. The van der Waals surface area contributed by atoms with Crippen molar-refractivity contribution in [3.63, 3.8) is 0 Å². The number of carbonyl (C=O) groups is 2. The van der Waals surface area contributed by atoms with Crippen LogP contribution in [0.1, 0.15) is 29.3 Å². The Hall–Kier alpha value is -2.08. The number of Topliss-reactive ketones (excluding diaryl/α,β-unsaturated/α-hetero) is 1. The van der Waals surface area contributed by atoms with Crippen molar-refractivity contribution >= 4 is 17.6 Å². The molecule has 0 bridgehead atoms. The largest absolute Gasteiger partial charge is 0.450 e. The van der Waals surface area contributed by atoms with E-state index < -0.39 is 0 Å². The molecule has 0 atom stereocenters. The molecule has 1 amide bonds. The monoisotopic (exact) mass is 331 g/mol. The van der Waals surface area contributed by atoms with Gasteiger partial charge in [-0.25, -0.2) is 4.79 Å². The van der Waals surface area contributed by atoms with Crippen LogP contribution in [0.3, 0.4) is 0 Å². The molecule has 1 N–H and O–H groups in total. The Morgan fingerprint density at radius 2 is 2.00 bits per heavy atom. The molecule has 0 saturated carbocycles. The van der Waals surface area contributed by atoms with Gasteiger partial charge in [-0.05, 0) is 43.5 Å². The van der Waals surface area contributed by atoms with Gasteiger partial charge in [-0.1, -0.05) is 0 Å². The van der Waals surface area contributed by atoms with Gasteiger partial charge in [-0.3, -0.25) is 9.69 Å². The maximum absolute atomic E-state index is 12.5. The standard InChI is InChI=1S/C18H25N3O3/c1-2-24-18(23)21-10-8-20(9-11-21)13-17(22)15-5-6-16-14(12-15)4-3-7-19-16/h5-6,12,19H,2-4,7-11,13H2,1H3. The maximum atomic E-state index is 12.5. The molecule has 6 nitrogen and oxygen atoms in total. The Balaban J connectivity index is 1.53. The topological polar surface area (TPSA) is 61.9 Å². The molecule has 1 fully saturated rings. The molecule has 24 heavy (non-hydrogen) atoms. The molecule has 0 aliphatic carbocycles. The molecule has 0 spiro atoms. The predicted molar refractivity (Wildman–Crippen MR) is 92.6 cm³/mol. The van der Waals surface area contributed by atoms with Crippen molar-refractivity contribution in [3.05, 3.63) is 29.3 Å². The summed E-state index contributed by atoms with van der Waals surface area (Å²) in [6.45, 7) is 6.24. The van der Waals surface area contributed by atoms with Crippen LogP contribution in [-0.2, 0) is 11.2 Å². The fourth-order valence-electron chi connectivity index (χ4n) is 3.25. The lowest BCUT2D eigenvalue weighted by Crippen LogP contribution is -2.50. The number of nitrogens with one attached hydrogen (secondary N) is 1. The number of ether oxygens (including phenoxy) is 1. The molecular formula is C18H25N3O3. The first-order chi connectivity index (χ1) is 11.7. The fraction of sp³-hybridized carbons (Fsp3) is 0.556. The molecule has 6 heteroatoms. The van der Waals surface area contributed by atoms with E-state index in [1.165, 1.54) is 5.56 Å². The van der Waals surface area contributed by atoms with Crippen molar-refractivity contribution in [1.82, 2.24) is 9.80 Å². The fourth-order valence-corrected chi connectivity index (χ4v) is 3.25. The summed E-state index contributed by atoms with van der Waals surface area (Å²) in [4.78, 5) is 28.1. The number of fused-ring (bicyclic) bond motifs is 1. The second-order valence-corrected chi connectivity index (χ2v) is 6.29. The summed E-state index contributed by atoms with van der Waals surface area (Å²) in [5, 5.41) is 3.36. The molecular weight excluding hydrogens is 306 g/mol. The van der Waals surface area contributed by atoms with Gasteiger partial charge in [-0.15, -0.1) is 0 Å². The van der Waals surface area contributed by atoms with E-state index in [0.717, 1.165) is 30.6 Å². The molecule has 1 aromatic carbocycles. The molecule has 2 heterocycles. The highest BCUT2D eigenvalue weighted by Gasteiger charge is 2.23. The van der Waals surface area contributed by atoms with E-state index in [1.807, 2.05) is 18.2 Å². The summed E-state index contributed by atoms with van der Waals surface area (Å²) in [7, 11) is 0. The normalized spacial score (nSPS) is 17.8. The van der Waals surface area contributed by atoms with E-state index in [0.29, 0.717) is 39.3 Å². The number of ketones is 1. The zero-order valence-electron chi connectivity index (χ0n) is 14.2. The number of rotatable bonds is 4. The Morgan fingerprint density at radius 3 is 2.75 bits per heavy atom. The van der Waals surface area contributed by atoms with E-state index >= 15 is 0 Å². The second-order valence-electron chi connectivity index (χ2n) is 6.29. The molecule has 0 radical (unpaired) electrons. The first kappa shape index (κ1) is 16.8. The van der Waals surface area contributed by atoms with Gasteiger partial charge in [0.2, 0.25) is 0 Å². The maximum Gasteiger partial charge on any atom is 0.409 e. The van der Waals surface area contributed by atoms with Gasteiger partial charge in [-0.2, -0.15) is 0 Å². The highest BCUT2D eigenvalue weighted by atomic mass is 16.6. The van der Waals surface area contributed by atoms with Gasteiger partial charge >= 0.3 is 6.09 Å². The van der Waals surface area contributed by atoms with Crippen LogP contribution in [0, 0.1) is 0 Å². The van der Waals surface area contributed by atoms with Crippen molar-refractivity contribution in [1.29, 1.82) is 0 Å². The van der Waals surface area contributed by atoms with Crippen LogP contribution in [-0.4, -0.2) is 67.6 Å². The van der Waals surface area contributed by atoms with Crippen molar-refractivity contribution < 1.29 is 14.3 Å². The van der Waals surface area contributed by atoms with E-state index in [4.69, 9.17) is 4.74 Å². The smallest absolute Gasteiger partial charge is 0.409 e. The van der Waals surface area contributed by atoms with Crippen molar-refractivity contribution in [2.24, 2.45) is 0 Å². The highest BCUT2D eigenvalue weighted by molar-refractivity contribution is 5.98. The molecule has 0 aromatic heterocycles. The molecule has 130 valence electrons. The van der Waals surface area contributed by atoms with E-state index in [9.17, 15) is 9.59 Å². The lowest BCUT2D eigenvalue weighted by Gasteiger charge is -2.33. The van der Waals surface area contributed by atoms with Crippen LogP contribution in [0.5, 0.6) is 0 Å². The lowest BCUT2D eigenvalue weighted by atomic mass is 9.99. The Bertz CT molecular complexity index is 610. The number of carbonyl (C=O) groups excluding carboxylic acids is 2. The number of benzene rings is 1. The van der Waals surface area contributed by atoms with E-state index in [2.05, 4.69) is 10.2 Å². The number of anilines is 1. The lowest BCUT2D eigenvalue weighted by molar-refractivity contribution is 0.0733. The quantitative estimate of drug-likeness (QED) is 0.855. The van der Waals surface area contributed by atoms with Crippen molar-refractivity contribution in [2.75, 3.05) is 51.2 Å². The van der Waals surface area contributed by atoms with Crippen LogP contribution < -0.4 is 5.32 Å². The summed E-state index contributed by atoms with van der Waals surface area (Å²) in [5.74, 6) is 0.146. The SMILES string of the molecule is CCOC(=O)N1CCN(CC(=O)c2ccc3c(c2)CCCN3)CC1. The number of amides is 1. The van der Waals surface area contributed by atoms with Gasteiger partial charge in [0, 0.05) is 44.0 Å². The molecule has 3 rings (SSSR count). The summed E-state index contributed by atoms with van der Waals surface area (Å²) >= 11 is 0. The number of hydrogen-bond donors (Lipinski definition) is 1. The van der Waals surface area contributed by atoms with Gasteiger partial charge in [0.05, 0.1) is 13.2 Å². The van der Waals surface area contributed by atoms with Crippen LogP contribution >= 0.6 is 0 Å². The summed E-state index contributed by atoms with van der Waals surface area (Å²) < 4.78 is 5.02.